The fourth-order valence-electron chi connectivity index (χ4n) is 0.393. The summed E-state index contributed by atoms with van der Waals surface area (Å²) in [7, 11) is 0. The summed E-state index contributed by atoms with van der Waals surface area (Å²) in [4.78, 5) is 24.0. The van der Waals surface area contributed by atoms with Gasteiger partial charge >= 0.3 is 5.69 Å². The molecule has 9 heavy (non-hydrogen) atoms. The van der Waals surface area contributed by atoms with E-state index in [0.717, 1.165) is 0 Å². The Morgan fingerprint density at radius 2 is 2.33 bits per heavy atom. The van der Waals surface area contributed by atoms with Gasteiger partial charge in [0.1, 0.15) is 0 Å². The number of rotatable bonds is 0. The first kappa shape index (κ1) is 5.74. The molecule has 1 rings (SSSR count). The lowest BCUT2D eigenvalue weighted by Crippen LogP contribution is -2.23. The zero-order valence-electron chi connectivity index (χ0n) is 4.27. The van der Waals surface area contributed by atoms with Crippen molar-refractivity contribution in [3.8, 4) is 0 Å². The van der Waals surface area contributed by atoms with E-state index in [2.05, 4.69) is 0 Å². The highest BCUT2D eigenvalue weighted by Crippen LogP contribution is 1.74. The van der Waals surface area contributed by atoms with Gasteiger partial charge in [-0.25, -0.2) is 4.79 Å². The van der Waals surface area contributed by atoms with Gasteiger partial charge in [0.25, 0.3) is 5.56 Å². The van der Waals surface area contributed by atoms with Crippen LogP contribution in [0.25, 0.3) is 0 Å². The Morgan fingerprint density at radius 3 is 2.78 bits per heavy atom. The molecule has 1 heterocycles. The summed E-state index contributed by atoms with van der Waals surface area (Å²) in [6.07, 6.45) is 0.709. The van der Waals surface area contributed by atoms with E-state index in [-0.39, 0.29) is 0 Å². The lowest BCUT2D eigenvalue weighted by molar-refractivity contribution is 0.597. The molecule has 0 saturated carbocycles. The second kappa shape index (κ2) is 1.85. The number of hydrogen-bond donors (Lipinski definition) is 2. The molecule has 48 valence electrons. The van der Waals surface area contributed by atoms with Gasteiger partial charge in [-0.05, 0) is 0 Å². The fraction of sp³-hybridized carbons (Fsp3) is 0. The maximum absolute atomic E-state index is 12.0. The standard InChI is InChI=1S/C4H3FN2O2/c5-2-1-6-4(9)7-3(2)8/h1H,(H2,6,7,8,9)/i3+2. The molecule has 0 saturated heterocycles. The zero-order chi connectivity index (χ0) is 6.85. The molecule has 0 bridgehead atoms. The van der Waals surface area contributed by atoms with Crippen molar-refractivity contribution in [3.63, 3.8) is 0 Å². The van der Waals surface area contributed by atoms with Gasteiger partial charge in [0.05, 0.1) is 0 Å². The van der Waals surface area contributed by atoms with Crippen LogP contribution >= 0.6 is 0 Å². The third-order valence-corrected chi connectivity index (χ3v) is 0.774. The molecule has 0 spiro atoms. The fourth-order valence-corrected chi connectivity index (χ4v) is 0.393. The Hall–Kier alpha value is -1.39. The summed E-state index contributed by atoms with van der Waals surface area (Å²) in [6.45, 7) is 0. The molecule has 1 aromatic heterocycles. The maximum atomic E-state index is 12.0. The molecule has 0 fully saturated rings. The smallest absolute Gasteiger partial charge is 0.311 e. The first-order valence-corrected chi connectivity index (χ1v) is 2.17. The van der Waals surface area contributed by atoms with Crippen LogP contribution in [0.1, 0.15) is 0 Å². The van der Waals surface area contributed by atoms with Crippen molar-refractivity contribution in [1.82, 2.24) is 9.97 Å². The van der Waals surface area contributed by atoms with Crippen molar-refractivity contribution in [1.29, 1.82) is 0 Å². The molecule has 0 aliphatic heterocycles. The zero-order valence-corrected chi connectivity index (χ0v) is 4.27. The Kier molecular flexibility index (Phi) is 1.18. The van der Waals surface area contributed by atoms with Crippen LogP contribution in [0.2, 0.25) is 0 Å². The Labute approximate surface area is 48.4 Å². The lowest BCUT2D eigenvalue weighted by atomic mass is 10.9. The van der Waals surface area contributed by atoms with E-state index in [9.17, 15) is 14.0 Å². The molecule has 0 atom stereocenters. The number of aromatic nitrogens is 2. The van der Waals surface area contributed by atoms with Crippen molar-refractivity contribution >= 4 is 0 Å². The lowest BCUT2D eigenvalue weighted by Gasteiger charge is -1.81. The molecular weight excluding hydrogens is 129 g/mol. The average Bonchev–Trinajstić information content (AvgIpc) is 1.80. The highest BCUT2D eigenvalue weighted by atomic mass is 19.1. The number of aromatic amines is 2. The number of halogens is 1. The highest BCUT2D eigenvalue weighted by molar-refractivity contribution is 4.83. The van der Waals surface area contributed by atoms with E-state index in [1.54, 1.807) is 4.98 Å². The summed E-state index contributed by atoms with van der Waals surface area (Å²) in [5, 5.41) is 0. The maximum Gasteiger partial charge on any atom is 0.325 e. The Morgan fingerprint density at radius 1 is 1.67 bits per heavy atom. The van der Waals surface area contributed by atoms with Crippen molar-refractivity contribution < 1.29 is 4.39 Å². The van der Waals surface area contributed by atoms with Crippen LogP contribution < -0.4 is 11.2 Å². The summed E-state index contributed by atoms with van der Waals surface area (Å²) in [6, 6.07) is 0. The van der Waals surface area contributed by atoms with Gasteiger partial charge < -0.3 is 4.98 Å². The molecule has 0 unspecified atom stereocenters. The average molecular weight is 132 g/mol. The van der Waals surface area contributed by atoms with Gasteiger partial charge in [0.15, 0.2) is 0 Å². The molecule has 1 aromatic rings. The molecule has 4 nitrogen and oxygen atoms in total. The van der Waals surface area contributed by atoms with Crippen molar-refractivity contribution in [2.45, 2.75) is 0 Å². The van der Waals surface area contributed by atoms with E-state index in [1.807, 2.05) is 4.98 Å². The van der Waals surface area contributed by atoms with E-state index >= 15 is 0 Å². The second-order valence-corrected chi connectivity index (χ2v) is 1.42. The normalized spacial score (nSPS) is 9.44. The first-order chi connectivity index (χ1) is 4.20. The number of nitrogens with one attached hydrogen (secondary N) is 2. The summed E-state index contributed by atoms with van der Waals surface area (Å²) >= 11 is 0. The minimum atomic E-state index is -1.00. The van der Waals surface area contributed by atoms with Crippen LogP contribution in [0.15, 0.2) is 15.8 Å². The van der Waals surface area contributed by atoms with Crippen molar-refractivity contribution in [2.24, 2.45) is 0 Å². The van der Waals surface area contributed by atoms with Crippen LogP contribution in [0.4, 0.5) is 4.39 Å². The number of H-pyrrole nitrogens is 2. The molecule has 5 heteroatoms. The Bertz CT molecular complexity index is 313. The van der Waals surface area contributed by atoms with Crippen molar-refractivity contribution in [3.05, 3.63) is 32.9 Å². The van der Waals surface area contributed by atoms with E-state index < -0.39 is 17.1 Å². The largest absolute Gasteiger partial charge is 0.325 e. The quantitative estimate of drug-likeness (QED) is 0.485. The van der Waals surface area contributed by atoms with Gasteiger partial charge in [0, 0.05) is 6.20 Å². The third kappa shape index (κ3) is 1.04. The SMILES string of the molecule is O=c1[nH]cc(F)[14c](=O)[nH]1. The van der Waals surface area contributed by atoms with Gasteiger partial charge in [-0.15, -0.1) is 0 Å². The van der Waals surface area contributed by atoms with E-state index in [4.69, 9.17) is 0 Å². The van der Waals surface area contributed by atoms with E-state index in [0.29, 0.717) is 6.20 Å². The van der Waals surface area contributed by atoms with Crippen LogP contribution in [-0.2, 0) is 0 Å². The van der Waals surface area contributed by atoms with Gasteiger partial charge in [0.2, 0.25) is 5.82 Å². The van der Waals surface area contributed by atoms with Crippen LogP contribution in [0.5, 0.6) is 0 Å². The van der Waals surface area contributed by atoms with Gasteiger partial charge in [-0.3, -0.25) is 9.78 Å². The highest BCUT2D eigenvalue weighted by Gasteiger charge is 1.93. The molecule has 0 aliphatic carbocycles. The summed E-state index contributed by atoms with van der Waals surface area (Å²) < 4.78 is 12.0. The predicted octanol–water partition coefficient (Wildman–Crippen LogP) is -0.798. The first-order valence-electron chi connectivity index (χ1n) is 2.17. The van der Waals surface area contributed by atoms with Gasteiger partial charge in [-0.1, -0.05) is 0 Å². The van der Waals surface area contributed by atoms with E-state index in [1.165, 1.54) is 0 Å². The molecule has 0 amide bonds. The monoisotopic (exact) mass is 132 g/mol. The second-order valence-electron chi connectivity index (χ2n) is 1.42. The molecule has 2 N–H and O–H groups in total. The van der Waals surface area contributed by atoms with Crippen LogP contribution in [-0.4, -0.2) is 9.97 Å². The molecular formula is C4H3FN2O2. The predicted molar refractivity (Wildman–Crippen MR) is 27.6 cm³/mol. The van der Waals surface area contributed by atoms with Crippen molar-refractivity contribution in [2.75, 3.05) is 0 Å². The number of hydrogen-bond acceptors (Lipinski definition) is 2. The summed E-state index contributed by atoms with van der Waals surface area (Å²) in [5.74, 6) is -0.991. The molecule has 0 radical (unpaired) electrons. The van der Waals surface area contributed by atoms with Crippen LogP contribution in [0, 0.1) is 5.82 Å². The Balaban J connectivity index is 3.52. The molecule has 0 aliphatic rings. The minimum absolute atomic E-state index is 0.707. The summed E-state index contributed by atoms with van der Waals surface area (Å²) in [5.41, 5.74) is -1.71. The molecule has 0 aromatic carbocycles. The topological polar surface area (TPSA) is 65.7 Å². The van der Waals surface area contributed by atoms with Gasteiger partial charge in [-0.2, -0.15) is 4.39 Å². The minimum Gasteiger partial charge on any atom is -0.311 e. The van der Waals surface area contributed by atoms with Crippen LogP contribution in [0.3, 0.4) is 0 Å². The third-order valence-electron chi connectivity index (χ3n) is 0.774.